The van der Waals surface area contributed by atoms with Crippen molar-refractivity contribution in [3.8, 4) is 17.2 Å². The first-order valence-corrected chi connectivity index (χ1v) is 18.7. The van der Waals surface area contributed by atoms with Crippen molar-refractivity contribution in [2.45, 2.75) is 82.6 Å². The van der Waals surface area contributed by atoms with Gasteiger partial charge < -0.3 is 23.8 Å². The first-order valence-electron chi connectivity index (χ1n) is 17.1. The second kappa shape index (κ2) is 13.0. The largest absolute Gasteiger partial charge is 0.444 e. The number of nitriles is 1. The number of fused-ring (bicyclic) bond motifs is 4. The molecule has 4 fully saturated rings. The van der Waals surface area contributed by atoms with Gasteiger partial charge in [-0.1, -0.05) is 23.7 Å². The van der Waals surface area contributed by atoms with Crippen LogP contribution in [-0.4, -0.2) is 75.6 Å². The lowest BCUT2D eigenvalue weighted by Gasteiger charge is -2.41. The number of carbonyl (C=O) groups excluding carboxylic acids is 2. The maximum atomic E-state index is 17.3. The first-order chi connectivity index (χ1) is 23.8. The fourth-order valence-corrected chi connectivity index (χ4v) is 8.82. The average Bonchev–Trinajstić information content (AvgIpc) is 3.78. The van der Waals surface area contributed by atoms with Crippen LogP contribution < -0.4 is 0 Å². The standard InChI is InChI=1S/C38H41ClFN5O4S/c1-20-24(10-7-11-27(20)39)31-22(9-8-12-41)15-25-33(32(31)40)42-36(50-6)26-17-28(21(2)43-13-14-48-19-30(43)46)45(35(25)26)34-23-16-29(34)44(18-23)37(47)49-38(3,4)5/h7,10-11,15,17,21,23,29,34H,8-9,13-14,16,18-19H2,1-6H3/t21-,23-,29-,34+/m1/s1. The minimum atomic E-state index is -0.637. The van der Waals surface area contributed by atoms with Crippen LogP contribution in [0, 0.1) is 30.0 Å². The number of rotatable bonds is 7. The third kappa shape index (κ3) is 5.69. The molecule has 8 rings (SSSR count). The Morgan fingerprint density at radius 3 is 2.76 bits per heavy atom. The molecule has 0 radical (unpaired) electrons. The summed E-state index contributed by atoms with van der Waals surface area (Å²) >= 11 is 7.98. The molecule has 2 bridgehead atoms. The van der Waals surface area contributed by atoms with Crippen LogP contribution in [0.2, 0.25) is 5.02 Å². The lowest BCUT2D eigenvalue weighted by Crippen LogP contribution is -2.46. The zero-order chi connectivity index (χ0) is 35.6. The van der Waals surface area contributed by atoms with Crippen LogP contribution in [0.15, 0.2) is 35.4 Å². The number of pyridine rings is 1. The van der Waals surface area contributed by atoms with Crippen LogP contribution in [0.4, 0.5) is 9.18 Å². The Hall–Kier alpha value is -3.85. The number of hydrogen-bond donors (Lipinski definition) is 0. The van der Waals surface area contributed by atoms with Crippen molar-refractivity contribution in [1.29, 1.82) is 5.26 Å². The van der Waals surface area contributed by atoms with E-state index >= 15 is 4.39 Å². The fraction of sp³-hybridized carbons (Fsp3) is 0.474. The van der Waals surface area contributed by atoms with E-state index in [-0.39, 0.29) is 54.6 Å². The van der Waals surface area contributed by atoms with Crippen molar-refractivity contribution in [3.05, 3.63) is 58.0 Å². The number of amides is 2. The zero-order valence-electron chi connectivity index (χ0n) is 29.2. The molecule has 2 aromatic heterocycles. The van der Waals surface area contributed by atoms with Gasteiger partial charge in [-0.2, -0.15) is 5.26 Å². The van der Waals surface area contributed by atoms with E-state index in [2.05, 4.69) is 16.7 Å². The molecule has 4 atom stereocenters. The van der Waals surface area contributed by atoms with Crippen molar-refractivity contribution in [2.24, 2.45) is 5.92 Å². The second-order valence-corrected chi connectivity index (χ2v) is 15.7. The number of carbonyl (C=O) groups is 2. The number of nitrogens with zero attached hydrogens (tertiary/aromatic N) is 5. The van der Waals surface area contributed by atoms with Crippen molar-refractivity contribution in [1.82, 2.24) is 19.4 Å². The van der Waals surface area contributed by atoms with Crippen LogP contribution in [0.3, 0.4) is 0 Å². The number of benzene rings is 2. The molecule has 1 saturated carbocycles. The normalized spacial score (nSPS) is 21.1. The highest BCUT2D eigenvalue weighted by Crippen LogP contribution is 2.54. The Balaban J connectivity index is 1.51. The maximum Gasteiger partial charge on any atom is 0.410 e. The third-order valence-corrected chi connectivity index (χ3v) is 11.5. The van der Waals surface area contributed by atoms with Crippen LogP contribution in [-0.2, 0) is 20.7 Å². The van der Waals surface area contributed by atoms with Gasteiger partial charge in [0.25, 0.3) is 0 Å². The summed E-state index contributed by atoms with van der Waals surface area (Å²) in [5.41, 5.74) is 3.82. The number of hydrogen-bond acceptors (Lipinski definition) is 7. The molecule has 0 N–H and O–H groups in total. The molecule has 3 saturated heterocycles. The van der Waals surface area contributed by atoms with E-state index in [4.69, 9.17) is 26.1 Å². The van der Waals surface area contributed by atoms with Crippen molar-refractivity contribution in [3.63, 3.8) is 0 Å². The summed E-state index contributed by atoms with van der Waals surface area (Å²) in [6.07, 6.45) is 2.95. The summed E-state index contributed by atoms with van der Waals surface area (Å²) in [4.78, 5) is 35.2. The number of aryl methyl sites for hydroxylation is 1. The van der Waals surface area contributed by atoms with Gasteiger partial charge >= 0.3 is 6.09 Å². The molecular formula is C38H41ClFN5O4S. The fourth-order valence-electron chi connectivity index (χ4n) is 8.08. The van der Waals surface area contributed by atoms with E-state index in [1.807, 2.05) is 62.8 Å². The number of halogens is 2. The Kier molecular flexibility index (Phi) is 9.02. The summed E-state index contributed by atoms with van der Waals surface area (Å²) in [6.45, 7) is 10.9. The molecule has 4 aromatic rings. The molecule has 3 aliphatic heterocycles. The van der Waals surface area contributed by atoms with Gasteiger partial charge in [0, 0.05) is 52.5 Å². The topological polar surface area (TPSA) is 101 Å². The molecule has 262 valence electrons. The summed E-state index contributed by atoms with van der Waals surface area (Å²) in [5, 5.41) is 12.3. The minimum absolute atomic E-state index is 0.0192. The van der Waals surface area contributed by atoms with Gasteiger partial charge in [-0.05, 0) is 88.6 Å². The minimum Gasteiger partial charge on any atom is -0.444 e. The van der Waals surface area contributed by atoms with E-state index in [1.165, 1.54) is 11.8 Å². The number of morpholine rings is 1. The van der Waals surface area contributed by atoms with Crippen LogP contribution in [0.1, 0.15) is 69.4 Å². The van der Waals surface area contributed by atoms with Crippen LogP contribution in [0.5, 0.6) is 0 Å². The zero-order valence-corrected chi connectivity index (χ0v) is 30.8. The van der Waals surface area contributed by atoms with Gasteiger partial charge in [0.2, 0.25) is 5.91 Å². The van der Waals surface area contributed by atoms with Gasteiger partial charge in [-0.25, -0.2) is 14.2 Å². The summed E-state index contributed by atoms with van der Waals surface area (Å²) < 4.78 is 30.8. The molecule has 50 heavy (non-hydrogen) atoms. The van der Waals surface area contributed by atoms with E-state index in [1.54, 1.807) is 12.1 Å². The molecule has 4 aliphatic rings. The van der Waals surface area contributed by atoms with Crippen LogP contribution in [0.25, 0.3) is 32.9 Å². The molecule has 5 heterocycles. The monoisotopic (exact) mass is 717 g/mol. The molecule has 12 heteroatoms. The highest BCUT2D eigenvalue weighted by atomic mass is 35.5. The Bertz CT molecular complexity index is 2090. The SMILES string of the molecule is CSc1nc2c(F)c(-c3cccc(Cl)c3C)c(CCC#N)cc2c2c1cc([C@@H](C)N1CCOCC1=O)n2[C@H]1[C@@H]2C[C@H]1N(C(=O)OC(C)(C)C)C2. The second-order valence-electron chi connectivity index (χ2n) is 14.5. The van der Waals surface area contributed by atoms with Crippen molar-refractivity contribution in [2.75, 3.05) is 32.6 Å². The van der Waals surface area contributed by atoms with Gasteiger partial charge in [0.15, 0.2) is 5.82 Å². The Morgan fingerprint density at radius 2 is 2.06 bits per heavy atom. The molecular weight excluding hydrogens is 677 g/mol. The first kappa shape index (κ1) is 34.6. The highest BCUT2D eigenvalue weighted by molar-refractivity contribution is 7.98. The summed E-state index contributed by atoms with van der Waals surface area (Å²) in [7, 11) is 0. The number of aromatic nitrogens is 2. The van der Waals surface area contributed by atoms with Gasteiger partial charge in [0.05, 0.1) is 36.3 Å². The molecule has 1 aliphatic carbocycles. The highest BCUT2D eigenvalue weighted by Gasteiger charge is 2.56. The smallest absolute Gasteiger partial charge is 0.410 e. The van der Waals surface area contributed by atoms with E-state index < -0.39 is 11.4 Å². The van der Waals surface area contributed by atoms with Crippen LogP contribution >= 0.6 is 23.4 Å². The van der Waals surface area contributed by atoms with Gasteiger partial charge in [0.1, 0.15) is 22.8 Å². The van der Waals surface area contributed by atoms with Crippen molar-refractivity contribution < 1.29 is 23.5 Å². The molecule has 9 nitrogen and oxygen atoms in total. The number of ether oxygens (including phenoxy) is 2. The predicted molar refractivity (Wildman–Crippen MR) is 193 cm³/mol. The summed E-state index contributed by atoms with van der Waals surface area (Å²) in [6, 6.07) is 11.2. The molecule has 0 unspecified atom stereocenters. The number of thioether (sulfide) groups is 1. The Morgan fingerprint density at radius 1 is 1.28 bits per heavy atom. The molecule has 0 spiro atoms. The predicted octanol–water partition coefficient (Wildman–Crippen LogP) is 8.24. The third-order valence-electron chi connectivity index (χ3n) is 10.4. The quantitative estimate of drug-likeness (QED) is 0.178. The lowest BCUT2D eigenvalue weighted by molar-refractivity contribution is -0.145. The Labute approximate surface area is 300 Å². The van der Waals surface area contributed by atoms with Crippen molar-refractivity contribution >= 4 is 57.2 Å². The van der Waals surface area contributed by atoms with Gasteiger partial charge in [-0.15, -0.1) is 11.8 Å². The molecule has 2 aromatic carbocycles. The van der Waals surface area contributed by atoms with E-state index in [0.29, 0.717) is 58.2 Å². The van der Waals surface area contributed by atoms with E-state index in [9.17, 15) is 14.9 Å². The molecule has 2 amide bonds. The van der Waals surface area contributed by atoms with E-state index in [0.717, 1.165) is 28.6 Å². The average molecular weight is 718 g/mol. The summed E-state index contributed by atoms with van der Waals surface area (Å²) in [5.74, 6) is -0.408. The lowest BCUT2D eigenvalue weighted by atomic mass is 9.79. The maximum absolute atomic E-state index is 17.3. The van der Waals surface area contributed by atoms with Gasteiger partial charge in [-0.3, -0.25) is 4.79 Å².